The van der Waals surface area contributed by atoms with E-state index in [9.17, 15) is 0 Å². The second-order valence-electron chi connectivity index (χ2n) is 5.74. The van der Waals surface area contributed by atoms with Crippen LogP contribution in [0.5, 0.6) is 5.75 Å². The summed E-state index contributed by atoms with van der Waals surface area (Å²) in [6.07, 6.45) is 10.5. The zero-order chi connectivity index (χ0) is 12.4. The van der Waals surface area contributed by atoms with Gasteiger partial charge in [-0.1, -0.05) is 18.9 Å². The second kappa shape index (κ2) is 5.31. The van der Waals surface area contributed by atoms with Crippen molar-refractivity contribution >= 4 is 0 Å². The summed E-state index contributed by atoms with van der Waals surface area (Å²) in [5.41, 5.74) is 8.78. The first-order valence-corrected chi connectivity index (χ1v) is 7.38. The summed E-state index contributed by atoms with van der Waals surface area (Å²) < 4.78 is 6.15. The van der Waals surface area contributed by atoms with Crippen LogP contribution in [0.25, 0.3) is 0 Å². The van der Waals surface area contributed by atoms with Crippen LogP contribution in [0, 0.1) is 0 Å². The molecule has 0 saturated heterocycles. The Bertz CT molecular complexity index is 408. The Balaban J connectivity index is 1.69. The van der Waals surface area contributed by atoms with Gasteiger partial charge < -0.3 is 10.5 Å². The van der Waals surface area contributed by atoms with Crippen molar-refractivity contribution in [2.75, 3.05) is 0 Å². The number of nitrogens with two attached hydrogens (primary N) is 1. The third-order valence-electron chi connectivity index (χ3n) is 4.34. The Labute approximate surface area is 110 Å². The van der Waals surface area contributed by atoms with Gasteiger partial charge in [-0.2, -0.15) is 0 Å². The standard InChI is InChI=1S/C16H23NO/c17-16-10-7-12-11-14(8-9-15(12)16)18-13-5-3-1-2-4-6-13/h8-9,11,13,16H,1-7,10,17H2/t16-/m1/s1. The summed E-state index contributed by atoms with van der Waals surface area (Å²) in [4.78, 5) is 0. The van der Waals surface area contributed by atoms with Crippen LogP contribution < -0.4 is 10.5 Å². The van der Waals surface area contributed by atoms with Gasteiger partial charge in [0.25, 0.3) is 0 Å². The van der Waals surface area contributed by atoms with Gasteiger partial charge >= 0.3 is 0 Å². The summed E-state index contributed by atoms with van der Waals surface area (Å²) in [6.45, 7) is 0. The van der Waals surface area contributed by atoms with E-state index in [4.69, 9.17) is 10.5 Å². The summed E-state index contributed by atoms with van der Waals surface area (Å²) in [5, 5.41) is 0. The number of hydrogen-bond acceptors (Lipinski definition) is 2. The molecule has 0 aromatic heterocycles. The summed E-state index contributed by atoms with van der Waals surface area (Å²) in [5.74, 6) is 1.05. The quantitative estimate of drug-likeness (QED) is 0.806. The minimum atomic E-state index is 0.243. The maximum absolute atomic E-state index is 6.15. The molecule has 0 unspecified atom stereocenters. The number of ether oxygens (including phenoxy) is 1. The van der Waals surface area contributed by atoms with Gasteiger partial charge in [-0.3, -0.25) is 0 Å². The van der Waals surface area contributed by atoms with Crippen LogP contribution >= 0.6 is 0 Å². The molecule has 2 N–H and O–H groups in total. The lowest BCUT2D eigenvalue weighted by Gasteiger charge is -2.17. The van der Waals surface area contributed by atoms with Gasteiger partial charge in [-0.15, -0.1) is 0 Å². The lowest BCUT2D eigenvalue weighted by Crippen LogP contribution is -2.15. The summed E-state index contributed by atoms with van der Waals surface area (Å²) in [7, 11) is 0. The summed E-state index contributed by atoms with van der Waals surface area (Å²) in [6, 6.07) is 6.73. The van der Waals surface area contributed by atoms with Crippen molar-refractivity contribution < 1.29 is 4.74 Å². The largest absolute Gasteiger partial charge is 0.490 e. The molecular formula is C16H23NO. The molecule has 0 aliphatic heterocycles. The molecule has 1 fully saturated rings. The van der Waals surface area contributed by atoms with Crippen LogP contribution in [0.2, 0.25) is 0 Å². The monoisotopic (exact) mass is 245 g/mol. The molecule has 1 aromatic rings. The van der Waals surface area contributed by atoms with E-state index in [1.807, 2.05) is 0 Å². The molecular weight excluding hydrogens is 222 g/mol. The van der Waals surface area contributed by atoms with Gasteiger partial charge in [0.05, 0.1) is 6.10 Å². The first kappa shape index (κ1) is 12.0. The highest BCUT2D eigenvalue weighted by molar-refractivity contribution is 5.40. The van der Waals surface area contributed by atoms with Gasteiger partial charge in [0.1, 0.15) is 5.75 Å². The second-order valence-corrected chi connectivity index (χ2v) is 5.74. The van der Waals surface area contributed by atoms with E-state index in [2.05, 4.69) is 18.2 Å². The zero-order valence-electron chi connectivity index (χ0n) is 11.0. The minimum Gasteiger partial charge on any atom is -0.490 e. The first-order valence-electron chi connectivity index (χ1n) is 7.38. The van der Waals surface area contributed by atoms with Gasteiger partial charge in [0.15, 0.2) is 0 Å². The topological polar surface area (TPSA) is 35.2 Å². The Kier molecular flexibility index (Phi) is 3.55. The molecule has 2 nitrogen and oxygen atoms in total. The van der Waals surface area contributed by atoms with Crippen LogP contribution in [-0.4, -0.2) is 6.10 Å². The zero-order valence-corrected chi connectivity index (χ0v) is 11.0. The van der Waals surface area contributed by atoms with Crippen molar-refractivity contribution in [3.05, 3.63) is 29.3 Å². The molecule has 2 aliphatic carbocycles. The maximum atomic E-state index is 6.15. The van der Waals surface area contributed by atoms with Crippen molar-refractivity contribution in [3.8, 4) is 5.75 Å². The molecule has 0 radical (unpaired) electrons. The highest BCUT2D eigenvalue weighted by Gasteiger charge is 2.20. The SMILES string of the molecule is N[C@@H]1CCc2cc(OC3CCCCCC3)ccc21. The third-order valence-corrected chi connectivity index (χ3v) is 4.34. The van der Waals surface area contributed by atoms with Crippen molar-refractivity contribution in [2.45, 2.75) is 63.5 Å². The Morgan fingerprint density at radius 3 is 2.56 bits per heavy atom. The van der Waals surface area contributed by atoms with Crippen molar-refractivity contribution in [3.63, 3.8) is 0 Å². The Hall–Kier alpha value is -1.02. The number of rotatable bonds is 2. The molecule has 0 heterocycles. The minimum absolute atomic E-state index is 0.243. The first-order chi connectivity index (χ1) is 8.83. The van der Waals surface area contributed by atoms with E-state index in [-0.39, 0.29) is 6.04 Å². The fourth-order valence-electron chi connectivity index (χ4n) is 3.25. The van der Waals surface area contributed by atoms with Gasteiger partial charge in [0, 0.05) is 6.04 Å². The van der Waals surface area contributed by atoms with E-state index in [1.54, 1.807) is 0 Å². The van der Waals surface area contributed by atoms with E-state index in [0.29, 0.717) is 6.10 Å². The predicted octanol–water partition coefficient (Wildman–Crippen LogP) is 3.73. The number of fused-ring (bicyclic) bond motifs is 1. The van der Waals surface area contributed by atoms with E-state index in [0.717, 1.165) is 18.6 Å². The smallest absolute Gasteiger partial charge is 0.120 e. The number of aryl methyl sites for hydroxylation is 1. The maximum Gasteiger partial charge on any atom is 0.120 e. The van der Waals surface area contributed by atoms with Gasteiger partial charge in [-0.05, 0) is 61.8 Å². The van der Waals surface area contributed by atoms with E-state index >= 15 is 0 Å². The average molecular weight is 245 g/mol. The third kappa shape index (κ3) is 2.54. The molecule has 0 spiro atoms. The van der Waals surface area contributed by atoms with Crippen LogP contribution in [0.4, 0.5) is 0 Å². The molecule has 0 bridgehead atoms. The van der Waals surface area contributed by atoms with Crippen LogP contribution in [0.1, 0.15) is 62.1 Å². The van der Waals surface area contributed by atoms with Crippen LogP contribution in [-0.2, 0) is 6.42 Å². The molecule has 0 amide bonds. The van der Waals surface area contributed by atoms with Crippen molar-refractivity contribution in [2.24, 2.45) is 5.73 Å². The molecule has 1 aromatic carbocycles. The lowest BCUT2D eigenvalue weighted by atomic mass is 10.1. The van der Waals surface area contributed by atoms with Gasteiger partial charge in [-0.25, -0.2) is 0 Å². The molecule has 3 rings (SSSR count). The lowest BCUT2D eigenvalue weighted by molar-refractivity contribution is 0.183. The fourth-order valence-corrected chi connectivity index (χ4v) is 3.25. The van der Waals surface area contributed by atoms with Crippen molar-refractivity contribution in [1.29, 1.82) is 0 Å². The molecule has 2 aliphatic rings. The molecule has 18 heavy (non-hydrogen) atoms. The predicted molar refractivity (Wildman–Crippen MR) is 73.8 cm³/mol. The average Bonchev–Trinajstić information content (AvgIpc) is 2.60. The molecule has 2 heteroatoms. The fraction of sp³-hybridized carbons (Fsp3) is 0.625. The van der Waals surface area contributed by atoms with Crippen molar-refractivity contribution in [1.82, 2.24) is 0 Å². The Morgan fingerprint density at radius 1 is 1.00 bits per heavy atom. The van der Waals surface area contributed by atoms with Gasteiger partial charge in [0.2, 0.25) is 0 Å². The number of benzene rings is 1. The Morgan fingerprint density at radius 2 is 1.78 bits per heavy atom. The molecule has 98 valence electrons. The van der Waals surface area contributed by atoms with E-state index < -0.39 is 0 Å². The summed E-state index contributed by atoms with van der Waals surface area (Å²) >= 11 is 0. The molecule has 1 saturated carbocycles. The van der Waals surface area contributed by atoms with Crippen LogP contribution in [0.3, 0.4) is 0 Å². The molecule has 1 atom stereocenters. The van der Waals surface area contributed by atoms with E-state index in [1.165, 1.54) is 49.7 Å². The highest BCUT2D eigenvalue weighted by Crippen LogP contribution is 2.33. The van der Waals surface area contributed by atoms with Crippen LogP contribution in [0.15, 0.2) is 18.2 Å². The normalized spacial score (nSPS) is 24.6. The number of hydrogen-bond donors (Lipinski definition) is 1. The highest BCUT2D eigenvalue weighted by atomic mass is 16.5.